The number of nitrogens with one attached hydrogen (secondary N) is 2. The van der Waals surface area contributed by atoms with Crippen molar-refractivity contribution in [2.24, 2.45) is 5.92 Å². The van der Waals surface area contributed by atoms with E-state index in [1.807, 2.05) is 20.8 Å². The molecule has 12 nitrogen and oxygen atoms in total. The Balaban J connectivity index is 1.61. The third-order valence-electron chi connectivity index (χ3n) is 7.20. The summed E-state index contributed by atoms with van der Waals surface area (Å²) in [6.07, 6.45) is 3.89. The molecule has 0 spiro atoms. The Kier molecular flexibility index (Phi) is 11.7. The molecule has 1 aliphatic rings. The Bertz CT molecular complexity index is 1710. The number of likely N-dealkylation sites (tertiary alicyclic amines) is 1. The van der Waals surface area contributed by atoms with Crippen molar-refractivity contribution >= 4 is 45.2 Å². The molecule has 3 heterocycles. The van der Waals surface area contributed by atoms with E-state index in [1.165, 1.54) is 23.6 Å². The minimum atomic E-state index is -3.75. The average Bonchev–Trinajstić information content (AvgIpc) is 3.39. The van der Waals surface area contributed by atoms with E-state index in [1.54, 1.807) is 50.8 Å². The summed E-state index contributed by atoms with van der Waals surface area (Å²) in [4.78, 5) is 40.7. The van der Waals surface area contributed by atoms with E-state index in [4.69, 9.17) is 14.5 Å². The van der Waals surface area contributed by atoms with Gasteiger partial charge >= 0.3 is 12.2 Å². The van der Waals surface area contributed by atoms with Crippen molar-refractivity contribution in [1.82, 2.24) is 19.9 Å². The number of carbonyl (C=O) groups excluding carboxylic acids is 2. The highest BCUT2D eigenvalue weighted by atomic mass is 32.2. The average molecular weight is 705 g/mol. The molecule has 3 aromatic rings. The van der Waals surface area contributed by atoms with Gasteiger partial charge in [0.1, 0.15) is 11.2 Å². The summed E-state index contributed by atoms with van der Waals surface area (Å²) in [6.45, 7) is 13.7. The Morgan fingerprint density at radius 3 is 2.38 bits per heavy atom. The van der Waals surface area contributed by atoms with E-state index in [0.717, 1.165) is 24.3 Å². The van der Waals surface area contributed by atoms with E-state index in [2.05, 4.69) is 20.0 Å². The fourth-order valence-electron chi connectivity index (χ4n) is 5.11. The van der Waals surface area contributed by atoms with Crippen LogP contribution in [0.5, 0.6) is 0 Å². The third kappa shape index (κ3) is 10.6. The lowest BCUT2D eigenvalue weighted by Gasteiger charge is -2.33. The van der Waals surface area contributed by atoms with Gasteiger partial charge in [0.05, 0.1) is 32.7 Å². The molecule has 2 amide bonds. The van der Waals surface area contributed by atoms with Crippen LogP contribution in [0, 0.1) is 11.7 Å². The number of rotatable bonds is 10. The van der Waals surface area contributed by atoms with Crippen molar-refractivity contribution < 1.29 is 31.9 Å². The largest absolute Gasteiger partial charge is 0.444 e. The number of aromatic nitrogens is 3. The first-order valence-electron chi connectivity index (χ1n) is 16.0. The summed E-state index contributed by atoms with van der Waals surface area (Å²) in [5, 5.41) is 3.28. The number of sulfonamides is 1. The van der Waals surface area contributed by atoms with Gasteiger partial charge in [-0.15, -0.1) is 11.3 Å². The second kappa shape index (κ2) is 15.1. The standard InChI is InChI=1S/C33H45FN6O6S2/c1-8-20-48(43,44)39-23-11-9-10-22(26(23)34)27-28(24-14-17-35-29(36-24)38-30(41)45-32(2,3)4)47-25(37-27)13-12-21-15-18-40(19-16-21)31(42)46-33(5,6)7/h9-11,14,17,21,39H,8,12-13,15-16,18-20H2,1-7H3,(H,35,36,38,41). The van der Waals surface area contributed by atoms with Crippen LogP contribution in [0.3, 0.4) is 0 Å². The van der Waals surface area contributed by atoms with Gasteiger partial charge in [-0.25, -0.2) is 37.3 Å². The van der Waals surface area contributed by atoms with Crippen molar-refractivity contribution in [3.8, 4) is 21.8 Å². The molecule has 15 heteroatoms. The van der Waals surface area contributed by atoms with E-state index >= 15 is 4.39 Å². The minimum absolute atomic E-state index is 0.000875. The Labute approximate surface area is 285 Å². The molecule has 0 unspecified atom stereocenters. The van der Waals surface area contributed by atoms with Gasteiger partial charge in [-0.2, -0.15) is 0 Å². The van der Waals surface area contributed by atoms with Crippen LogP contribution in [-0.2, 0) is 25.9 Å². The van der Waals surface area contributed by atoms with Gasteiger partial charge in [-0.1, -0.05) is 13.0 Å². The molecular formula is C33H45FN6O6S2. The summed E-state index contributed by atoms with van der Waals surface area (Å²) in [5.74, 6) is -0.545. The summed E-state index contributed by atoms with van der Waals surface area (Å²) in [6, 6.07) is 6.12. The van der Waals surface area contributed by atoms with Crippen molar-refractivity contribution in [3.63, 3.8) is 0 Å². The maximum absolute atomic E-state index is 16.0. The molecule has 262 valence electrons. The van der Waals surface area contributed by atoms with Gasteiger partial charge in [-0.3, -0.25) is 10.0 Å². The van der Waals surface area contributed by atoms with Crippen LogP contribution in [-0.4, -0.2) is 70.5 Å². The van der Waals surface area contributed by atoms with Gasteiger partial charge in [-0.05, 0) is 97.8 Å². The summed E-state index contributed by atoms with van der Waals surface area (Å²) in [5.41, 5.74) is -0.649. The van der Waals surface area contributed by atoms with E-state index < -0.39 is 33.1 Å². The highest BCUT2D eigenvalue weighted by Crippen LogP contribution is 2.40. The van der Waals surface area contributed by atoms with Crippen LogP contribution in [0.15, 0.2) is 30.5 Å². The lowest BCUT2D eigenvalue weighted by molar-refractivity contribution is 0.0181. The monoisotopic (exact) mass is 704 g/mol. The van der Waals surface area contributed by atoms with E-state index in [-0.39, 0.29) is 29.0 Å². The van der Waals surface area contributed by atoms with Crippen LogP contribution in [0.25, 0.3) is 21.8 Å². The predicted molar refractivity (Wildman–Crippen MR) is 185 cm³/mol. The number of carbonyl (C=O) groups is 2. The first kappa shape index (κ1) is 37.0. The molecule has 0 bridgehead atoms. The van der Waals surface area contributed by atoms with Crippen LogP contribution in [0.4, 0.5) is 25.6 Å². The molecular weight excluding hydrogens is 660 g/mol. The second-order valence-electron chi connectivity index (χ2n) is 13.7. The van der Waals surface area contributed by atoms with Crippen molar-refractivity contribution in [2.45, 2.75) is 91.8 Å². The predicted octanol–water partition coefficient (Wildman–Crippen LogP) is 7.48. The second-order valence-corrected chi connectivity index (χ2v) is 16.6. The zero-order valence-corrected chi connectivity index (χ0v) is 30.2. The van der Waals surface area contributed by atoms with Crippen molar-refractivity contribution in [2.75, 3.05) is 28.9 Å². The topological polar surface area (TPSA) is 153 Å². The number of ether oxygens (including phenoxy) is 2. The number of anilines is 2. The van der Waals surface area contributed by atoms with Crippen LogP contribution in [0.2, 0.25) is 0 Å². The molecule has 2 N–H and O–H groups in total. The Morgan fingerprint density at radius 2 is 1.73 bits per heavy atom. The highest BCUT2D eigenvalue weighted by molar-refractivity contribution is 7.92. The third-order valence-corrected chi connectivity index (χ3v) is 9.81. The van der Waals surface area contributed by atoms with Gasteiger partial charge in [0, 0.05) is 24.8 Å². The Morgan fingerprint density at radius 1 is 1.04 bits per heavy atom. The lowest BCUT2D eigenvalue weighted by Crippen LogP contribution is -2.41. The van der Waals surface area contributed by atoms with Crippen LogP contribution < -0.4 is 10.0 Å². The zero-order chi connectivity index (χ0) is 35.3. The quantitative estimate of drug-likeness (QED) is 0.219. The first-order chi connectivity index (χ1) is 22.4. The van der Waals surface area contributed by atoms with Gasteiger partial charge in [0.15, 0.2) is 5.82 Å². The summed E-state index contributed by atoms with van der Waals surface area (Å²) >= 11 is 1.35. The highest BCUT2D eigenvalue weighted by Gasteiger charge is 2.28. The number of hydrogen-bond acceptors (Lipinski definition) is 10. The van der Waals surface area contributed by atoms with Crippen LogP contribution >= 0.6 is 11.3 Å². The first-order valence-corrected chi connectivity index (χ1v) is 18.5. The molecule has 48 heavy (non-hydrogen) atoms. The normalized spacial score (nSPS) is 14.5. The Hall–Kier alpha value is -3.85. The minimum Gasteiger partial charge on any atom is -0.444 e. The molecule has 0 aliphatic carbocycles. The van der Waals surface area contributed by atoms with Crippen molar-refractivity contribution in [1.29, 1.82) is 0 Å². The number of piperidine rings is 1. The molecule has 1 saturated heterocycles. The number of halogens is 1. The molecule has 1 fully saturated rings. The molecule has 1 aliphatic heterocycles. The maximum atomic E-state index is 16.0. The summed E-state index contributed by atoms with van der Waals surface area (Å²) in [7, 11) is -3.75. The number of hydrogen-bond donors (Lipinski definition) is 2. The number of aryl methyl sites for hydroxylation is 1. The zero-order valence-electron chi connectivity index (χ0n) is 28.6. The number of thiazole rings is 1. The van der Waals surface area contributed by atoms with Gasteiger partial charge in [0.2, 0.25) is 16.0 Å². The van der Waals surface area contributed by atoms with Crippen molar-refractivity contribution in [3.05, 3.63) is 41.3 Å². The van der Waals surface area contributed by atoms with Gasteiger partial charge in [0.25, 0.3) is 0 Å². The lowest BCUT2D eigenvalue weighted by atomic mass is 9.92. The number of amides is 2. The summed E-state index contributed by atoms with van der Waals surface area (Å²) < 4.78 is 54.2. The molecule has 1 aromatic carbocycles. The fourth-order valence-corrected chi connectivity index (χ4v) is 7.30. The van der Waals surface area contributed by atoms with Gasteiger partial charge < -0.3 is 14.4 Å². The number of benzene rings is 1. The SMILES string of the molecule is CCCS(=O)(=O)Nc1cccc(-c2nc(CCC3CCN(C(=O)OC(C)(C)C)CC3)sc2-c2ccnc(NC(=O)OC(C)(C)C)n2)c1F. The smallest absolute Gasteiger partial charge is 0.414 e. The van der Waals surface area contributed by atoms with Crippen LogP contribution in [0.1, 0.15) is 79.2 Å². The van der Waals surface area contributed by atoms with E-state index in [0.29, 0.717) is 48.1 Å². The number of nitrogens with zero attached hydrogens (tertiary/aromatic N) is 4. The molecule has 0 atom stereocenters. The molecule has 4 rings (SSSR count). The molecule has 0 radical (unpaired) electrons. The molecule has 2 aromatic heterocycles. The van der Waals surface area contributed by atoms with E-state index in [9.17, 15) is 18.0 Å². The molecule has 0 saturated carbocycles. The maximum Gasteiger partial charge on any atom is 0.414 e. The fraction of sp³-hybridized carbons (Fsp3) is 0.545.